The Hall–Kier alpha value is -2.83. The molecule has 0 saturated carbocycles. The third-order valence-electron chi connectivity index (χ3n) is 4.59. The molecule has 1 atom stereocenters. The number of nitrogens with one attached hydrogen (secondary N) is 2. The van der Waals surface area contributed by atoms with Gasteiger partial charge in [-0.15, -0.1) is 0 Å². The fourth-order valence-electron chi connectivity index (χ4n) is 3.29. The van der Waals surface area contributed by atoms with E-state index in [1.807, 2.05) is 35.0 Å². The second kappa shape index (κ2) is 5.99. The van der Waals surface area contributed by atoms with Gasteiger partial charge in [0.1, 0.15) is 5.82 Å². The molecule has 0 radical (unpaired) electrons. The van der Waals surface area contributed by atoms with Gasteiger partial charge >= 0.3 is 6.03 Å². The van der Waals surface area contributed by atoms with Gasteiger partial charge in [-0.05, 0) is 24.6 Å². The molecule has 2 aliphatic heterocycles. The van der Waals surface area contributed by atoms with Gasteiger partial charge in [0.15, 0.2) is 0 Å². The topological polar surface area (TPSA) is 79.3 Å². The van der Waals surface area contributed by atoms with Crippen LogP contribution < -0.4 is 15.5 Å². The normalized spacial score (nSPS) is 19.8. The molecular formula is C17H19N5O2. The van der Waals surface area contributed by atoms with Gasteiger partial charge in [0.25, 0.3) is 0 Å². The van der Waals surface area contributed by atoms with Crippen molar-refractivity contribution in [2.24, 2.45) is 5.92 Å². The number of imidazole rings is 1. The van der Waals surface area contributed by atoms with Gasteiger partial charge in [-0.25, -0.2) is 9.78 Å². The minimum absolute atomic E-state index is 0.0115. The van der Waals surface area contributed by atoms with Crippen LogP contribution >= 0.6 is 0 Å². The number of hydrogen-bond acceptors (Lipinski definition) is 3. The Morgan fingerprint density at radius 1 is 1.38 bits per heavy atom. The highest BCUT2D eigenvalue weighted by Crippen LogP contribution is 2.24. The molecule has 0 bridgehead atoms. The summed E-state index contributed by atoms with van der Waals surface area (Å²) in [5.74, 6) is 0.990. The molecule has 1 fully saturated rings. The molecule has 1 unspecified atom stereocenters. The third kappa shape index (κ3) is 2.73. The fourth-order valence-corrected chi connectivity index (χ4v) is 3.29. The maximum atomic E-state index is 12.6. The largest absolute Gasteiger partial charge is 0.336 e. The zero-order valence-electron chi connectivity index (χ0n) is 13.2. The van der Waals surface area contributed by atoms with E-state index >= 15 is 0 Å². The number of nitrogens with zero attached hydrogens (tertiary/aromatic N) is 3. The SMILES string of the molecule is O=C(Nc1cccc(N2CCNC2=O)c1)C1CCc2nccn2C1. The van der Waals surface area contributed by atoms with Crippen molar-refractivity contribution in [1.82, 2.24) is 14.9 Å². The Labute approximate surface area is 139 Å². The zero-order chi connectivity index (χ0) is 16.5. The summed E-state index contributed by atoms with van der Waals surface area (Å²) in [6, 6.07) is 7.32. The van der Waals surface area contributed by atoms with Crippen LogP contribution in [0.2, 0.25) is 0 Å². The Morgan fingerprint density at radius 3 is 3.12 bits per heavy atom. The molecule has 1 saturated heterocycles. The smallest absolute Gasteiger partial charge is 0.321 e. The van der Waals surface area contributed by atoms with Gasteiger partial charge in [-0.2, -0.15) is 0 Å². The maximum absolute atomic E-state index is 12.6. The quantitative estimate of drug-likeness (QED) is 0.900. The molecule has 7 heteroatoms. The zero-order valence-corrected chi connectivity index (χ0v) is 13.2. The summed E-state index contributed by atoms with van der Waals surface area (Å²) in [6.45, 7) is 1.95. The highest BCUT2D eigenvalue weighted by atomic mass is 16.2. The molecule has 124 valence electrons. The summed E-state index contributed by atoms with van der Waals surface area (Å²) < 4.78 is 2.04. The Bertz CT molecular complexity index is 785. The number of amides is 3. The molecule has 1 aromatic heterocycles. The van der Waals surface area contributed by atoms with Crippen molar-refractivity contribution < 1.29 is 9.59 Å². The molecule has 0 spiro atoms. The first kappa shape index (κ1) is 14.7. The number of carbonyl (C=O) groups is 2. The molecular weight excluding hydrogens is 306 g/mol. The van der Waals surface area contributed by atoms with Crippen molar-refractivity contribution in [3.05, 3.63) is 42.5 Å². The molecule has 2 aromatic rings. The van der Waals surface area contributed by atoms with Gasteiger partial charge in [0.05, 0.1) is 5.92 Å². The predicted molar refractivity (Wildman–Crippen MR) is 89.9 cm³/mol. The Balaban J connectivity index is 1.45. The average molecular weight is 325 g/mol. The van der Waals surface area contributed by atoms with E-state index in [0.717, 1.165) is 24.4 Å². The summed E-state index contributed by atoms with van der Waals surface area (Å²) >= 11 is 0. The monoisotopic (exact) mass is 325 g/mol. The first-order valence-corrected chi connectivity index (χ1v) is 8.17. The van der Waals surface area contributed by atoms with Crippen molar-refractivity contribution in [2.45, 2.75) is 19.4 Å². The van der Waals surface area contributed by atoms with Crippen LogP contribution in [-0.4, -0.2) is 34.6 Å². The van der Waals surface area contributed by atoms with E-state index in [1.54, 1.807) is 11.1 Å². The van der Waals surface area contributed by atoms with E-state index < -0.39 is 0 Å². The Morgan fingerprint density at radius 2 is 2.29 bits per heavy atom. The number of aryl methyl sites for hydroxylation is 1. The number of rotatable bonds is 3. The molecule has 2 N–H and O–H groups in total. The van der Waals surface area contributed by atoms with Crippen molar-refractivity contribution in [2.75, 3.05) is 23.3 Å². The minimum atomic E-state index is -0.0987. The standard InChI is InChI=1S/C17H19N5O2/c23-16(12-4-5-15-18-6-8-21(15)11-12)20-13-2-1-3-14(10-13)22-9-7-19-17(22)24/h1-3,6,8,10,12H,4-5,7,9,11H2,(H,19,24)(H,20,23). The molecule has 3 heterocycles. The molecule has 3 amide bonds. The van der Waals surface area contributed by atoms with Crippen LogP contribution in [-0.2, 0) is 17.8 Å². The summed E-state index contributed by atoms with van der Waals surface area (Å²) in [7, 11) is 0. The van der Waals surface area contributed by atoms with Crippen LogP contribution in [0.3, 0.4) is 0 Å². The third-order valence-corrected chi connectivity index (χ3v) is 4.59. The lowest BCUT2D eigenvalue weighted by atomic mass is 9.98. The summed E-state index contributed by atoms with van der Waals surface area (Å²) in [6.07, 6.45) is 5.32. The van der Waals surface area contributed by atoms with Crippen molar-refractivity contribution >= 4 is 23.3 Å². The lowest BCUT2D eigenvalue weighted by molar-refractivity contribution is -0.120. The number of anilines is 2. The van der Waals surface area contributed by atoms with Crippen molar-refractivity contribution in [1.29, 1.82) is 0 Å². The molecule has 2 aliphatic rings. The van der Waals surface area contributed by atoms with E-state index in [9.17, 15) is 9.59 Å². The Kier molecular flexibility index (Phi) is 3.68. The summed E-state index contributed by atoms with van der Waals surface area (Å²) in [4.78, 5) is 30.3. The number of aromatic nitrogens is 2. The van der Waals surface area contributed by atoms with Crippen LogP contribution in [0.4, 0.5) is 16.2 Å². The molecule has 7 nitrogen and oxygen atoms in total. The van der Waals surface area contributed by atoms with Gasteiger partial charge in [-0.3, -0.25) is 9.69 Å². The second-order valence-corrected chi connectivity index (χ2v) is 6.15. The summed E-state index contributed by atoms with van der Waals surface area (Å²) in [5.41, 5.74) is 1.51. The van der Waals surface area contributed by atoms with Crippen LogP contribution in [0.1, 0.15) is 12.2 Å². The molecule has 1 aromatic carbocycles. The first-order valence-electron chi connectivity index (χ1n) is 8.17. The van der Waals surface area contributed by atoms with Crippen LogP contribution in [0.5, 0.6) is 0 Å². The predicted octanol–water partition coefficient (Wildman–Crippen LogP) is 1.61. The number of hydrogen-bond donors (Lipinski definition) is 2. The van der Waals surface area contributed by atoms with Gasteiger partial charge < -0.3 is 15.2 Å². The number of carbonyl (C=O) groups excluding carboxylic acids is 2. The van der Waals surface area contributed by atoms with Crippen LogP contribution in [0.15, 0.2) is 36.7 Å². The van der Waals surface area contributed by atoms with Crippen molar-refractivity contribution in [3.63, 3.8) is 0 Å². The highest BCUT2D eigenvalue weighted by Gasteiger charge is 2.25. The van der Waals surface area contributed by atoms with E-state index in [-0.39, 0.29) is 17.9 Å². The van der Waals surface area contributed by atoms with Crippen molar-refractivity contribution in [3.8, 4) is 0 Å². The molecule has 0 aliphatic carbocycles. The summed E-state index contributed by atoms with van der Waals surface area (Å²) in [5, 5.41) is 5.76. The number of urea groups is 1. The van der Waals surface area contributed by atoms with Gasteiger partial charge in [0, 0.05) is 49.8 Å². The lowest BCUT2D eigenvalue weighted by Gasteiger charge is -2.23. The van der Waals surface area contributed by atoms with Crippen LogP contribution in [0.25, 0.3) is 0 Å². The second-order valence-electron chi connectivity index (χ2n) is 6.15. The number of benzene rings is 1. The molecule has 24 heavy (non-hydrogen) atoms. The fraction of sp³-hybridized carbons (Fsp3) is 0.353. The van der Waals surface area contributed by atoms with Crippen LogP contribution in [0, 0.1) is 5.92 Å². The maximum Gasteiger partial charge on any atom is 0.321 e. The van der Waals surface area contributed by atoms with E-state index in [4.69, 9.17) is 0 Å². The lowest BCUT2D eigenvalue weighted by Crippen LogP contribution is -2.31. The average Bonchev–Trinajstić information content (AvgIpc) is 3.22. The number of fused-ring (bicyclic) bond motifs is 1. The minimum Gasteiger partial charge on any atom is -0.336 e. The van der Waals surface area contributed by atoms with Gasteiger partial charge in [-0.1, -0.05) is 6.07 Å². The molecule has 4 rings (SSSR count). The van der Waals surface area contributed by atoms with E-state index in [1.165, 1.54) is 0 Å². The van der Waals surface area contributed by atoms with Gasteiger partial charge in [0.2, 0.25) is 5.91 Å². The van der Waals surface area contributed by atoms with E-state index in [0.29, 0.717) is 25.3 Å². The highest BCUT2D eigenvalue weighted by molar-refractivity contribution is 5.96. The van der Waals surface area contributed by atoms with E-state index in [2.05, 4.69) is 15.6 Å². The first-order chi connectivity index (χ1) is 11.7.